The van der Waals surface area contributed by atoms with E-state index in [-0.39, 0.29) is 29.9 Å². The van der Waals surface area contributed by atoms with Crippen LogP contribution in [0, 0.1) is 0 Å². The van der Waals surface area contributed by atoms with Crippen molar-refractivity contribution in [3.8, 4) is 0 Å². The molecule has 2 atom stereocenters. The quantitative estimate of drug-likeness (QED) is 0.328. The third kappa shape index (κ3) is 8.19. The van der Waals surface area contributed by atoms with Gasteiger partial charge in [-0.1, -0.05) is 18.6 Å². The molecule has 1 saturated carbocycles. The summed E-state index contributed by atoms with van der Waals surface area (Å²) in [5.74, 6) is 0.945. The van der Waals surface area contributed by atoms with E-state index in [2.05, 4.69) is 29.9 Å². The number of halogens is 1. The summed E-state index contributed by atoms with van der Waals surface area (Å²) >= 11 is 1.98. The van der Waals surface area contributed by atoms with Crippen LogP contribution in [0.1, 0.15) is 48.5 Å². The monoisotopic (exact) mass is 518 g/mol. The Balaban J connectivity index is 0.00000392. The summed E-state index contributed by atoms with van der Waals surface area (Å²) in [6.45, 7) is 3.66. The van der Waals surface area contributed by atoms with Crippen LogP contribution in [0.3, 0.4) is 0 Å². The van der Waals surface area contributed by atoms with E-state index in [0.29, 0.717) is 12.6 Å². The molecule has 0 bridgehead atoms. The predicted octanol–water partition coefficient (Wildman–Crippen LogP) is 3.78. The molecular weight excluding hydrogens is 483 g/mol. The molecular formula is C21H35IN4OS. The average molecular weight is 519 g/mol. The highest BCUT2D eigenvalue weighted by Crippen LogP contribution is 2.26. The van der Waals surface area contributed by atoms with E-state index >= 15 is 0 Å². The zero-order chi connectivity index (χ0) is 19.6. The zero-order valence-electron chi connectivity index (χ0n) is 17.5. The fraction of sp³-hybridized carbons (Fsp3) is 0.619. The van der Waals surface area contributed by atoms with Gasteiger partial charge in [-0.25, -0.2) is 0 Å². The standard InChI is InChI=1S/C21H34N4OS.HI/c1-5-22-21(24-18-10-7-11-19(15-18)27-4)23-13-12-16-8-6-9-17(14-16)20(26)25(2)3;/h6,8-9,14,18-19H,5,7,10-13,15H2,1-4H3,(H2,22,23,24);1H. The SMILES string of the molecule is CCNC(=NCCc1cccc(C(=O)N(C)C)c1)NC1CCCC(SC)C1.I. The Morgan fingerprint density at radius 3 is 2.79 bits per heavy atom. The molecule has 1 aromatic carbocycles. The number of nitrogens with one attached hydrogen (secondary N) is 2. The molecule has 0 heterocycles. The molecule has 1 aliphatic carbocycles. The molecule has 0 spiro atoms. The van der Waals surface area contributed by atoms with Crippen LogP contribution in [0.5, 0.6) is 0 Å². The summed E-state index contributed by atoms with van der Waals surface area (Å²) < 4.78 is 0. The molecule has 1 amide bonds. The molecule has 2 unspecified atom stereocenters. The van der Waals surface area contributed by atoms with E-state index < -0.39 is 0 Å². The Labute approximate surface area is 191 Å². The lowest BCUT2D eigenvalue weighted by Gasteiger charge is -2.29. The van der Waals surface area contributed by atoms with Gasteiger partial charge in [-0.05, 0) is 56.6 Å². The molecule has 1 aliphatic rings. The van der Waals surface area contributed by atoms with Gasteiger partial charge in [0.05, 0.1) is 0 Å². The summed E-state index contributed by atoms with van der Waals surface area (Å²) in [4.78, 5) is 18.5. The van der Waals surface area contributed by atoms with E-state index in [1.807, 2.05) is 30.0 Å². The zero-order valence-corrected chi connectivity index (χ0v) is 20.7. The minimum Gasteiger partial charge on any atom is -0.357 e. The Kier molecular flexibility index (Phi) is 11.9. The number of aliphatic imine (C=N–C) groups is 1. The third-order valence-corrected chi connectivity index (χ3v) is 5.99. The van der Waals surface area contributed by atoms with E-state index in [1.54, 1.807) is 19.0 Å². The van der Waals surface area contributed by atoms with Gasteiger partial charge in [-0.2, -0.15) is 11.8 Å². The van der Waals surface area contributed by atoms with E-state index in [1.165, 1.54) is 25.7 Å². The highest BCUT2D eigenvalue weighted by Gasteiger charge is 2.21. The average Bonchev–Trinajstić information content (AvgIpc) is 2.68. The maximum atomic E-state index is 12.1. The summed E-state index contributed by atoms with van der Waals surface area (Å²) in [5, 5.41) is 7.74. The van der Waals surface area contributed by atoms with Crippen molar-refractivity contribution in [3.05, 3.63) is 35.4 Å². The number of thioether (sulfide) groups is 1. The van der Waals surface area contributed by atoms with Gasteiger partial charge in [0.25, 0.3) is 5.91 Å². The van der Waals surface area contributed by atoms with Crippen molar-refractivity contribution in [3.63, 3.8) is 0 Å². The van der Waals surface area contributed by atoms with Crippen LogP contribution in [0.25, 0.3) is 0 Å². The second-order valence-corrected chi connectivity index (χ2v) is 8.41. The lowest BCUT2D eigenvalue weighted by atomic mass is 9.95. The number of guanidine groups is 1. The van der Waals surface area contributed by atoms with E-state index in [9.17, 15) is 4.79 Å². The number of hydrogen-bond donors (Lipinski definition) is 2. The van der Waals surface area contributed by atoms with Crippen molar-refractivity contribution < 1.29 is 4.79 Å². The molecule has 1 fully saturated rings. The van der Waals surface area contributed by atoms with Gasteiger partial charge < -0.3 is 15.5 Å². The summed E-state index contributed by atoms with van der Waals surface area (Å²) in [7, 11) is 3.56. The lowest BCUT2D eigenvalue weighted by Crippen LogP contribution is -2.45. The minimum atomic E-state index is 0. The molecule has 0 radical (unpaired) electrons. The van der Waals surface area contributed by atoms with Gasteiger partial charge in [0.1, 0.15) is 0 Å². The first-order chi connectivity index (χ1) is 13.0. The Bertz CT molecular complexity index is 639. The number of carbonyl (C=O) groups excluding carboxylic acids is 1. The van der Waals surface area contributed by atoms with Crippen molar-refractivity contribution in [2.24, 2.45) is 4.99 Å². The first-order valence-corrected chi connectivity index (χ1v) is 11.2. The van der Waals surface area contributed by atoms with Crippen molar-refractivity contribution in [2.45, 2.75) is 50.3 Å². The Hall–Kier alpha value is -0.960. The summed E-state index contributed by atoms with van der Waals surface area (Å²) in [6.07, 6.45) is 8.07. The van der Waals surface area contributed by atoms with Crippen LogP contribution >= 0.6 is 35.7 Å². The predicted molar refractivity (Wildman–Crippen MR) is 132 cm³/mol. The first-order valence-electron chi connectivity index (χ1n) is 9.91. The molecule has 0 aliphatic heterocycles. The first kappa shape index (κ1) is 25.1. The molecule has 158 valence electrons. The van der Waals surface area contributed by atoms with Gasteiger partial charge in [0.2, 0.25) is 0 Å². The maximum absolute atomic E-state index is 12.1. The number of rotatable bonds is 7. The summed E-state index contributed by atoms with van der Waals surface area (Å²) in [6, 6.07) is 8.36. The van der Waals surface area contributed by atoms with Gasteiger partial charge in [0, 0.05) is 44.0 Å². The van der Waals surface area contributed by atoms with Crippen molar-refractivity contribution in [1.82, 2.24) is 15.5 Å². The van der Waals surface area contributed by atoms with Gasteiger partial charge in [-0.3, -0.25) is 9.79 Å². The van der Waals surface area contributed by atoms with Crippen LogP contribution in [0.4, 0.5) is 0 Å². The molecule has 7 heteroatoms. The largest absolute Gasteiger partial charge is 0.357 e. The molecule has 28 heavy (non-hydrogen) atoms. The molecule has 5 nitrogen and oxygen atoms in total. The molecule has 2 N–H and O–H groups in total. The third-order valence-electron chi connectivity index (χ3n) is 4.90. The molecule has 0 aromatic heterocycles. The minimum absolute atomic E-state index is 0. The van der Waals surface area contributed by atoms with E-state index in [0.717, 1.165) is 35.3 Å². The normalized spacial score (nSPS) is 19.5. The smallest absolute Gasteiger partial charge is 0.253 e. The van der Waals surface area contributed by atoms with Gasteiger partial charge in [0.15, 0.2) is 5.96 Å². The highest BCUT2D eigenvalue weighted by molar-refractivity contribution is 14.0. The van der Waals surface area contributed by atoms with Crippen molar-refractivity contribution in [2.75, 3.05) is 33.4 Å². The summed E-state index contributed by atoms with van der Waals surface area (Å²) in [5.41, 5.74) is 1.87. The lowest BCUT2D eigenvalue weighted by molar-refractivity contribution is 0.0827. The van der Waals surface area contributed by atoms with Crippen molar-refractivity contribution in [1.29, 1.82) is 0 Å². The second kappa shape index (κ2) is 13.3. The fourth-order valence-electron chi connectivity index (χ4n) is 3.42. The maximum Gasteiger partial charge on any atom is 0.253 e. The fourth-order valence-corrected chi connectivity index (χ4v) is 4.25. The van der Waals surface area contributed by atoms with Crippen LogP contribution in [-0.2, 0) is 6.42 Å². The van der Waals surface area contributed by atoms with E-state index in [4.69, 9.17) is 4.99 Å². The Morgan fingerprint density at radius 2 is 2.11 bits per heavy atom. The van der Waals surface area contributed by atoms with Crippen molar-refractivity contribution >= 4 is 47.6 Å². The number of amides is 1. The Morgan fingerprint density at radius 1 is 1.32 bits per heavy atom. The number of benzene rings is 1. The molecule has 0 saturated heterocycles. The van der Waals surface area contributed by atoms with Crippen LogP contribution < -0.4 is 10.6 Å². The van der Waals surface area contributed by atoms with Gasteiger partial charge in [-0.15, -0.1) is 24.0 Å². The van der Waals surface area contributed by atoms with Gasteiger partial charge >= 0.3 is 0 Å². The topological polar surface area (TPSA) is 56.7 Å². The molecule has 2 rings (SSSR count). The van der Waals surface area contributed by atoms with Crippen LogP contribution in [0.2, 0.25) is 0 Å². The number of carbonyl (C=O) groups is 1. The second-order valence-electron chi connectivity index (χ2n) is 7.28. The van der Waals surface area contributed by atoms with Crippen LogP contribution in [-0.4, -0.2) is 61.5 Å². The highest BCUT2D eigenvalue weighted by atomic mass is 127. The number of nitrogens with zero attached hydrogens (tertiary/aromatic N) is 2. The van der Waals surface area contributed by atoms with Crippen LogP contribution in [0.15, 0.2) is 29.3 Å². The number of hydrogen-bond acceptors (Lipinski definition) is 3. The molecule has 1 aromatic rings.